The fraction of sp³-hybridized carbons (Fsp3) is 0.0952. The third-order valence-corrected chi connectivity index (χ3v) is 5.88. The number of nitrogens with zero attached hydrogens (tertiary/aromatic N) is 3. The summed E-state index contributed by atoms with van der Waals surface area (Å²) < 4.78 is 0. The van der Waals surface area contributed by atoms with Crippen LogP contribution < -0.4 is 0 Å². The molecular weight excluding hydrogens is 507 g/mol. The largest absolute Gasteiger partial charge is 0.250 e. The molecule has 0 amide bonds. The van der Waals surface area contributed by atoms with Gasteiger partial charge >= 0.3 is 0 Å². The molecule has 1 heterocycles. The van der Waals surface area contributed by atoms with Gasteiger partial charge in [0.2, 0.25) is 0 Å². The maximum absolute atomic E-state index is 6.39. The smallest absolute Gasteiger partial charge is 0.105 e. The Balaban J connectivity index is 2.05. The molecule has 0 saturated heterocycles. The molecule has 0 atom stereocenters. The third-order valence-electron chi connectivity index (χ3n) is 4.02. The van der Waals surface area contributed by atoms with E-state index < -0.39 is 0 Å². The highest BCUT2D eigenvalue weighted by atomic mass is 35.5. The molecule has 0 fully saturated rings. The van der Waals surface area contributed by atoms with Crippen LogP contribution in [-0.4, -0.2) is 16.4 Å². The Bertz CT molecular complexity index is 1190. The Labute approximate surface area is 204 Å². The normalized spacial score (nSPS) is 12.4. The minimum absolute atomic E-state index is 0.282. The Hall–Kier alpha value is -1.33. The number of hydrogen-bond acceptors (Lipinski definition) is 3. The molecule has 0 radical (unpaired) electrons. The molecule has 3 nitrogen and oxygen atoms in total. The predicted molar refractivity (Wildman–Crippen MR) is 131 cm³/mol. The Morgan fingerprint density at radius 3 is 1.67 bits per heavy atom. The lowest BCUT2D eigenvalue weighted by Gasteiger charge is -2.10. The first-order valence-electron chi connectivity index (χ1n) is 8.53. The van der Waals surface area contributed by atoms with Gasteiger partial charge in [-0.05, 0) is 56.3 Å². The van der Waals surface area contributed by atoms with Crippen molar-refractivity contribution in [1.82, 2.24) is 4.98 Å². The van der Waals surface area contributed by atoms with Gasteiger partial charge in [0.15, 0.2) is 0 Å². The number of rotatable bonds is 4. The minimum atomic E-state index is 0.282. The van der Waals surface area contributed by atoms with Gasteiger partial charge in [0.05, 0.1) is 48.6 Å². The van der Waals surface area contributed by atoms with Crippen LogP contribution in [0.2, 0.25) is 30.1 Å². The quantitative estimate of drug-likeness (QED) is 0.316. The highest BCUT2D eigenvalue weighted by molar-refractivity contribution is 6.44. The van der Waals surface area contributed by atoms with Crippen molar-refractivity contribution in [1.29, 1.82) is 0 Å². The highest BCUT2D eigenvalue weighted by Crippen LogP contribution is 2.32. The van der Waals surface area contributed by atoms with Crippen LogP contribution >= 0.6 is 69.6 Å². The van der Waals surface area contributed by atoms with Crippen molar-refractivity contribution in [2.24, 2.45) is 9.98 Å². The molecule has 0 spiro atoms. The first kappa shape index (κ1) is 23.3. The molecule has 0 bridgehead atoms. The maximum Gasteiger partial charge on any atom is 0.105 e. The van der Waals surface area contributed by atoms with Crippen molar-refractivity contribution in [3.8, 4) is 0 Å². The monoisotopic (exact) mass is 517 g/mol. The van der Waals surface area contributed by atoms with E-state index in [9.17, 15) is 0 Å². The van der Waals surface area contributed by atoms with Crippen molar-refractivity contribution in [2.75, 3.05) is 0 Å². The second-order valence-electron chi connectivity index (χ2n) is 6.24. The molecule has 0 N–H and O–H groups in total. The summed E-state index contributed by atoms with van der Waals surface area (Å²) in [5.41, 5.74) is 3.17. The molecule has 9 heteroatoms. The average molecular weight is 520 g/mol. The summed E-state index contributed by atoms with van der Waals surface area (Å²) in [6.45, 7) is 3.56. The zero-order valence-electron chi connectivity index (χ0n) is 15.7. The van der Waals surface area contributed by atoms with E-state index in [4.69, 9.17) is 69.6 Å². The van der Waals surface area contributed by atoms with Crippen molar-refractivity contribution in [3.05, 3.63) is 84.0 Å². The van der Waals surface area contributed by atoms with Crippen molar-refractivity contribution < 1.29 is 0 Å². The minimum Gasteiger partial charge on any atom is -0.250 e. The van der Waals surface area contributed by atoms with Gasteiger partial charge in [-0.15, -0.1) is 0 Å². The van der Waals surface area contributed by atoms with Gasteiger partial charge in [0, 0.05) is 10.0 Å². The number of hydrogen-bond donors (Lipinski definition) is 0. The van der Waals surface area contributed by atoms with Crippen LogP contribution in [0.3, 0.4) is 0 Å². The molecule has 2 aromatic carbocycles. The van der Waals surface area contributed by atoms with Gasteiger partial charge in [-0.25, -0.2) is 15.0 Å². The van der Waals surface area contributed by atoms with Gasteiger partial charge in [-0.1, -0.05) is 69.6 Å². The van der Waals surface area contributed by atoms with Crippen LogP contribution in [0, 0.1) is 0 Å². The van der Waals surface area contributed by atoms with Gasteiger partial charge in [0.25, 0.3) is 0 Å². The molecule has 0 aliphatic heterocycles. The van der Waals surface area contributed by atoms with Crippen molar-refractivity contribution in [2.45, 2.75) is 13.8 Å². The SMILES string of the molecule is CC(=Nc1ccc(Cl)cc1Cl)c1cc(Cl)c(Cl)c(C(C)=Nc2ccc(Cl)cc2Cl)n1. The van der Waals surface area contributed by atoms with E-state index in [0.29, 0.717) is 59.3 Å². The Morgan fingerprint density at radius 2 is 1.17 bits per heavy atom. The van der Waals surface area contributed by atoms with E-state index in [0.717, 1.165) is 0 Å². The topological polar surface area (TPSA) is 37.6 Å². The number of pyridine rings is 1. The molecule has 0 aliphatic rings. The Kier molecular flexibility index (Phi) is 7.67. The number of aromatic nitrogens is 1. The molecule has 3 aromatic rings. The first-order valence-corrected chi connectivity index (χ1v) is 10.8. The fourth-order valence-corrected chi connectivity index (χ4v) is 3.87. The molecule has 1 aromatic heterocycles. The van der Waals surface area contributed by atoms with Gasteiger partial charge < -0.3 is 0 Å². The van der Waals surface area contributed by atoms with Crippen LogP contribution in [0.25, 0.3) is 0 Å². The zero-order chi connectivity index (χ0) is 22.0. The van der Waals surface area contributed by atoms with E-state index in [1.807, 2.05) is 0 Å². The molecule has 154 valence electrons. The fourth-order valence-electron chi connectivity index (χ4n) is 2.54. The summed E-state index contributed by atoms with van der Waals surface area (Å²) in [5, 5.41) is 2.49. The van der Waals surface area contributed by atoms with E-state index in [1.165, 1.54) is 0 Å². The Morgan fingerprint density at radius 1 is 0.667 bits per heavy atom. The van der Waals surface area contributed by atoms with Gasteiger partial charge in [0.1, 0.15) is 5.69 Å². The van der Waals surface area contributed by atoms with Crippen LogP contribution in [0.15, 0.2) is 52.4 Å². The van der Waals surface area contributed by atoms with Crippen molar-refractivity contribution >= 4 is 92.4 Å². The lowest BCUT2D eigenvalue weighted by Crippen LogP contribution is -2.07. The molecule has 0 saturated carbocycles. The van der Waals surface area contributed by atoms with Crippen LogP contribution in [0.5, 0.6) is 0 Å². The predicted octanol–water partition coefficient (Wildman–Crippen LogP) is 9.28. The summed E-state index contributed by atoms with van der Waals surface area (Å²) in [5.74, 6) is 0. The van der Waals surface area contributed by atoms with Gasteiger partial charge in [-0.2, -0.15) is 0 Å². The lowest BCUT2D eigenvalue weighted by molar-refractivity contribution is 1.24. The standard InChI is InChI=1S/C21H13Cl6N3/c1-10(28-17-5-3-12(22)7-14(17)24)19-9-16(26)20(27)21(30-19)11(2)29-18-6-4-13(23)8-15(18)25/h3-9H,1-2H3. The second-order valence-corrected chi connectivity index (χ2v) is 8.71. The third kappa shape index (κ3) is 5.47. The van der Waals surface area contributed by atoms with Crippen molar-refractivity contribution in [3.63, 3.8) is 0 Å². The summed E-state index contributed by atoms with van der Waals surface area (Å²) in [4.78, 5) is 13.7. The number of aliphatic imine (C=N–C) groups is 2. The van der Waals surface area contributed by atoms with Crippen LogP contribution in [-0.2, 0) is 0 Å². The molecule has 30 heavy (non-hydrogen) atoms. The average Bonchev–Trinajstić information content (AvgIpc) is 2.68. The van der Waals surface area contributed by atoms with Crippen LogP contribution in [0.4, 0.5) is 11.4 Å². The number of halogens is 6. The number of benzene rings is 2. The van der Waals surface area contributed by atoms with E-state index in [2.05, 4.69) is 15.0 Å². The lowest BCUT2D eigenvalue weighted by atomic mass is 10.2. The summed E-state index contributed by atoms with van der Waals surface area (Å²) in [7, 11) is 0. The summed E-state index contributed by atoms with van der Waals surface area (Å²) in [6.07, 6.45) is 0. The summed E-state index contributed by atoms with van der Waals surface area (Å²) in [6, 6.07) is 11.7. The zero-order valence-corrected chi connectivity index (χ0v) is 20.2. The van der Waals surface area contributed by atoms with Gasteiger partial charge in [-0.3, -0.25) is 0 Å². The molecule has 0 unspecified atom stereocenters. The molecule has 0 aliphatic carbocycles. The van der Waals surface area contributed by atoms with Crippen LogP contribution in [0.1, 0.15) is 25.2 Å². The first-order chi connectivity index (χ1) is 14.2. The molecule has 3 rings (SSSR count). The second kappa shape index (κ2) is 9.86. The summed E-state index contributed by atoms with van der Waals surface area (Å²) >= 11 is 37.1. The van der Waals surface area contributed by atoms with E-state index >= 15 is 0 Å². The van der Waals surface area contributed by atoms with E-state index in [-0.39, 0.29) is 5.02 Å². The highest BCUT2D eigenvalue weighted by Gasteiger charge is 2.15. The maximum atomic E-state index is 6.39. The van der Waals surface area contributed by atoms with E-state index in [1.54, 1.807) is 56.3 Å². The molecular formula is C21H13Cl6N3.